The van der Waals surface area contributed by atoms with Crippen LogP contribution in [0.4, 0.5) is 0 Å². The van der Waals surface area contributed by atoms with Crippen LogP contribution in [0.25, 0.3) is 0 Å². The highest BCUT2D eigenvalue weighted by atomic mass is 16.5. The molecule has 0 spiro atoms. The van der Waals surface area contributed by atoms with E-state index in [2.05, 4.69) is 0 Å². The summed E-state index contributed by atoms with van der Waals surface area (Å²) in [7, 11) is 0. The van der Waals surface area contributed by atoms with Crippen molar-refractivity contribution in [2.24, 2.45) is 0 Å². The van der Waals surface area contributed by atoms with Crippen molar-refractivity contribution >= 4 is 0 Å². The average Bonchev–Trinajstić information content (AvgIpc) is 1.61. The van der Waals surface area contributed by atoms with Gasteiger partial charge in [-0.15, -0.1) is 0 Å². The molecule has 3 N–H and O–H groups in total. The van der Waals surface area contributed by atoms with Crippen molar-refractivity contribution in [3.8, 4) is 0 Å². The molecule has 3 nitrogen and oxygen atoms in total. The first-order chi connectivity index (χ1) is 2.91. The lowest BCUT2D eigenvalue weighted by molar-refractivity contribution is 0.102. The quantitative estimate of drug-likeness (QED) is 0.481. The Hall–Kier alpha value is -0.120. The molecule has 0 aromatic heterocycles. The Morgan fingerprint density at radius 2 is 2.14 bits per heavy atom. The van der Waals surface area contributed by atoms with E-state index < -0.39 is 0 Å². The highest BCUT2D eigenvalue weighted by Gasteiger charge is 1.73. The van der Waals surface area contributed by atoms with Gasteiger partial charge in [-0.25, -0.2) is 0 Å². The van der Waals surface area contributed by atoms with Gasteiger partial charge in [-0.3, -0.25) is 0 Å². The Morgan fingerprint density at radius 3 is 2.29 bits per heavy atom. The maximum Gasteiger partial charge on any atom is 0.0697 e. The lowest BCUT2D eigenvalue weighted by Crippen LogP contribution is -1.96. The fourth-order valence-electron chi connectivity index (χ4n) is 0.209. The molecule has 0 saturated carbocycles. The van der Waals surface area contributed by atoms with Crippen LogP contribution in [0.15, 0.2) is 0 Å². The van der Waals surface area contributed by atoms with Crippen LogP contribution in [0, 0.1) is 0 Å². The average molecular weight is 108 g/mol. The van der Waals surface area contributed by atoms with Gasteiger partial charge in [0.25, 0.3) is 0 Å². The lowest BCUT2D eigenvalue weighted by atomic mass is 10.8. The van der Waals surface area contributed by atoms with Crippen LogP contribution in [0.3, 0.4) is 0 Å². The van der Waals surface area contributed by atoms with Gasteiger partial charge in [0, 0.05) is 6.61 Å². The van der Waals surface area contributed by atoms with Gasteiger partial charge < -0.3 is 15.3 Å². The molecule has 0 radical (unpaired) electrons. The van der Waals surface area contributed by atoms with Crippen molar-refractivity contribution in [3.05, 3.63) is 0 Å². The van der Waals surface area contributed by atoms with Crippen LogP contribution >= 0.6 is 0 Å². The molecular weight excluding hydrogens is 96.0 g/mol. The van der Waals surface area contributed by atoms with E-state index in [-0.39, 0.29) is 12.1 Å². The van der Waals surface area contributed by atoms with E-state index in [0.717, 1.165) is 0 Å². The third-order valence-electron chi connectivity index (χ3n) is 0.440. The van der Waals surface area contributed by atoms with Crippen molar-refractivity contribution < 1.29 is 15.3 Å². The molecule has 0 bridgehead atoms. The highest BCUT2D eigenvalue weighted by Crippen LogP contribution is 1.66. The molecule has 7 heavy (non-hydrogen) atoms. The summed E-state index contributed by atoms with van der Waals surface area (Å²) in [5.41, 5.74) is 0. The van der Waals surface area contributed by atoms with E-state index in [1.54, 1.807) is 0 Å². The topological polar surface area (TPSA) is 61.0 Å². The number of aliphatic hydroxyl groups excluding tert-OH is 1. The zero-order valence-corrected chi connectivity index (χ0v) is 4.48. The summed E-state index contributed by atoms with van der Waals surface area (Å²) in [5, 5.41) is 8.07. The van der Waals surface area contributed by atoms with E-state index in [1.165, 1.54) is 0 Å². The molecule has 0 atom stereocenters. The molecule has 0 heterocycles. The molecule has 0 amide bonds. The van der Waals surface area contributed by atoms with Crippen molar-refractivity contribution in [1.82, 2.24) is 0 Å². The monoisotopic (exact) mass is 108 g/mol. The second kappa shape index (κ2) is 9.30. The smallest absolute Gasteiger partial charge is 0.0697 e. The minimum atomic E-state index is 0. The summed E-state index contributed by atoms with van der Waals surface area (Å²) in [4.78, 5) is 0. The normalized spacial score (nSPS) is 7.71. The maximum absolute atomic E-state index is 8.07. The van der Waals surface area contributed by atoms with Gasteiger partial charge in [0.1, 0.15) is 0 Å². The Balaban J connectivity index is 0. The largest absolute Gasteiger partial charge is 0.412 e. The minimum absolute atomic E-state index is 0. The first-order valence-corrected chi connectivity index (χ1v) is 2.10. The van der Waals surface area contributed by atoms with Gasteiger partial charge in [-0.05, 0) is 6.92 Å². The third kappa shape index (κ3) is 10.7. The molecule has 3 heteroatoms. The third-order valence-corrected chi connectivity index (χ3v) is 0.440. The summed E-state index contributed by atoms with van der Waals surface area (Å²) in [5.74, 6) is 0. The molecule has 0 saturated heterocycles. The maximum atomic E-state index is 8.07. The predicted octanol–water partition coefficient (Wildman–Crippen LogP) is -0.809. The lowest BCUT2D eigenvalue weighted by Gasteiger charge is -1.91. The summed E-state index contributed by atoms with van der Waals surface area (Å²) in [6.45, 7) is 3.20. The number of aliphatic hydroxyl groups is 1. The van der Waals surface area contributed by atoms with Crippen LogP contribution in [0.5, 0.6) is 0 Å². The molecule has 0 fully saturated rings. The Morgan fingerprint density at radius 1 is 1.57 bits per heavy atom. The van der Waals surface area contributed by atoms with Crippen molar-refractivity contribution in [1.29, 1.82) is 0 Å². The van der Waals surface area contributed by atoms with Crippen LogP contribution < -0.4 is 0 Å². The first-order valence-electron chi connectivity index (χ1n) is 2.10. The molecule has 0 aliphatic carbocycles. The van der Waals surface area contributed by atoms with Crippen molar-refractivity contribution in [2.45, 2.75) is 6.92 Å². The number of rotatable bonds is 3. The van der Waals surface area contributed by atoms with E-state index in [1.807, 2.05) is 6.92 Å². The molecule has 0 aliphatic rings. The number of hydrogen-bond donors (Lipinski definition) is 1. The summed E-state index contributed by atoms with van der Waals surface area (Å²) < 4.78 is 4.73. The molecule has 0 aliphatic heterocycles. The fraction of sp³-hybridized carbons (Fsp3) is 1.00. The van der Waals surface area contributed by atoms with E-state index in [0.29, 0.717) is 13.2 Å². The summed E-state index contributed by atoms with van der Waals surface area (Å²) in [6.07, 6.45) is 0. The first kappa shape index (κ1) is 9.99. The Labute approximate surface area is 43.2 Å². The molecule has 0 aromatic rings. The second-order valence-corrected chi connectivity index (χ2v) is 0.921. The number of ether oxygens (including phenoxy) is 1. The van der Waals surface area contributed by atoms with Crippen LogP contribution in [-0.2, 0) is 4.74 Å². The van der Waals surface area contributed by atoms with Crippen LogP contribution in [-0.4, -0.2) is 30.4 Å². The predicted molar refractivity (Wildman–Crippen MR) is 27.2 cm³/mol. The summed E-state index contributed by atoms with van der Waals surface area (Å²) in [6, 6.07) is 0. The molecule has 0 aromatic carbocycles. The fourth-order valence-corrected chi connectivity index (χ4v) is 0.209. The molecule has 0 rings (SSSR count). The van der Waals surface area contributed by atoms with Gasteiger partial charge in [0.15, 0.2) is 0 Å². The van der Waals surface area contributed by atoms with Crippen LogP contribution in [0.2, 0.25) is 0 Å². The van der Waals surface area contributed by atoms with Gasteiger partial charge in [-0.2, -0.15) is 0 Å². The van der Waals surface area contributed by atoms with E-state index in [9.17, 15) is 0 Å². The second-order valence-electron chi connectivity index (χ2n) is 0.921. The molecule has 46 valence electrons. The molecule has 0 unspecified atom stereocenters. The van der Waals surface area contributed by atoms with Crippen molar-refractivity contribution in [2.75, 3.05) is 19.8 Å². The zero-order chi connectivity index (χ0) is 4.83. The standard InChI is InChI=1S/C4H10O2.H2O/c1-2-6-4-3-5;/h5H,2-4H2,1H3;1H2. The van der Waals surface area contributed by atoms with Gasteiger partial charge in [0.05, 0.1) is 13.2 Å². The minimum Gasteiger partial charge on any atom is -0.412 e. The van der Waals surface area contributed by atoms with Crippen molar-refractivity contribution in [3.63, 3.8) is 0 Å². The van der Waals surface area contributed by atoms with Gasteiger partial charge in [0.2, 0.25) is 0 Å². The SMILES string of the molecule is CCOCCO.O. The van der Waals surface area contributed by atoms with E-state index >= 15 is 0 Å². The van der Waals surface area contributed by atoms with Gasteiger partial charge in [-0.1, -0.05) is 0 Å². The van der Waals surface area contributed by atoms with Gasteiger partial charge >= 0.3 is 0 Å². The highest BCUT2D eigenvalue weighted by molar-refractivity contribution is 4.18. The molecular formula is C4H12O3. The Bertz CT molecular complexity index is 18.9. The van der Waals surface area contributed by atoms with E-state index in [4.69, 9.17) is 9.84 Å². The number of hydrogen-bond acceptors (Lipinski definition) is 2. The Kier molecular flexibility index (Phi) is 13.3. The summed E-state index contributed by atoms with van der Waals surface area (Å²) >= 11 is 0. The zero-order valence-electron chi connectivity index (χ0n) is 4.48. The van der Waals surface area contributed by atoms with Crippen LogP contribution in [0.1, 0.15) is 6.92 Å².